The molecule has 4 rings (SSSR count). The smallest absolute Gasteiger partial charge is 0.381 e. The number of pyridine rings is 1. The maximum Gasteiger partial charge on any atom is 0.420 e. The number of ether oxygens (including phenoxy) is 1. The van der Waals surface area contributed by atoms with Gasteiger partial charge in [0.2, 0.25) is 0 Å². The number of halogens is 3. The van der Waals surface area contributed by atoms with Crippen LogP contribution >= 0.6 is 0 Å². The quantitative estimate of drug-likeness (QED) is 0.692. The van der Waals surface area contributed by atoms with Crippen LogP contribution in [0.2, 0.25) is 0 Å². The molecule has 0 aromatic carbocycles. The van der Waals surface area contributed by atoms with Gasteiger partial charge in [-0.3, -0.25) is 9.48 Å². The van der Waals surface area contributed by atoms with Crippen LogP contribution in [0, 0.1) is 5.92 Å². The highest BCUT2D eigenvalue weighted by atomic mass is 32.2. The summed E-state index contributed by atoms with van der Waals surface area (Å²) in [5.74, 6) is -1.26. The molecule has 2 aliphatic rings. The Morgan fingerprint density at radius 2 is 1.94 bits per heavy atom. The number of nitrogens with one attached hydrogen (secondary N) is 1. The first-order chi connectivity index (χ1) is 15.0. The first kappa shape index (κ1) is 22.7. The molecule has 1 aliphatic heterocycles. The maximum absolute atomic E-state index is 14.1. The van der Waals surface area contributed by atoms with Crippen LogP contribution in [0.1, 0.15) is 53.3 Å². The van der Waals surface area contributed by atoms with Crippen LogP contribution in [0.4, 0.5) is 18.9 Å². The molecule has 3 heterocycles. The van der Waals surface area contributed by atoms with Crippen molar-refractivity contribution in [3.8, 4) is 0 Å². The van der Waals surface area contributed by atoms with E-state index in [2.05, 4.69) is 15.4 Å². The first-order valence-electron chi connectivity index (χ1n) is 10.3. The summed E-state index contributed by atoms with van der Waals surface area (Å²) in [6.45, 7) is 1.20. The highest BCUT2D eigenvalue weighted by Gasteiger charge is 2.46. The van der Waals surface area contributed by atoms with Crippen molar-refractivity contribution in [3.63, 3.8) is 0 Å². The third-order valence-corrected chi connectivity index (χ3v) is 6.57. The van der Waals surface area contributed by atoms with Crippen molar-refractivity contribution < 1.29 is 31.1 Å². The van der Waals surface area contributed by atoms with E-state index in [1.54, 1.807) is 0 Å². The molecule has 2 aromatic rings. The predicted molar refractivity (Wildman–Crippen MR) is 108 cm³/mol. The van der Waals surface area contributed by atoms with E-state index in [-0.39, 0.29) is 34.8 Å². The molecular weight excluding hydrogens is 449 g/mol. The number of hydrogen-bond acceptors (Lipinski definition) is 6. The highest BCUT2D eigenvalue weighted by Crippen LogP contribution is 2.46. The topological polar surface area (TPSA) is 103 Å². The minimum absolute atomic E-state index is 0.0327. The van der Waals surface area contributed by atoms with Gasteiger partial charge in [0, 0.05) is 43.8 Å². The molecule has 32 heavy (non-hydrogen) atoms. The Morgan fingerprint density at radius 1 is 1.25 bits per heavy atom. The summed E-state index contributed by atoms with van der Waals surface area (Å²) < 4.78 is 72.2. The predicted octanol–water partition coefficient (Wildman–Crippen LogP) is 3.26. The Bertz CT molecular complexity index is 1120. The van der Waals surface area contributed by atoms with Gasteiger partial charge in [-0.15, -0.1) is 0 Å². The van der Waals surface area contributed by atoms with E-state index in [0.29, 0.717) is 38.9 Å². The number of carbonyl (C=O) groups is 1. The normalized spacial score (nSPS) is 18.0. The molecule has 0 radical (unpaired) electrons. The number of rotatable bonds is 6. The van der Waals surface area contributed by atoms with Gasteiger partial charge in [-0.05, 0) is 43.7 Å². The molecule has 0 atom stereocenters. The van der Waals surface area contributed by atoms with Crippen molar-refractivity contribution in [1.82, 2.24) is 14.8 Å². The molecule has 174 valence electrons. The fraction of sp³-hybridized carbons (Fsp3) is 0.550. The van der Waals surface area contributed by atoms with Gasteiger partial charge in [0.15, 0.2) is 14.9 Å². The number of hydrogen-bond donors (Lipinski definition) is 1. The summed E-state index contributed by atoms with van der Waals surface area (Å²) in [4.78, 5) is 16.8. The molecule has 0 spiro atoms. The minimum atomic E-state index is -4.76. The van der Waals surface area contributed by atoms with Crippen molar-refractivity contribution in [2.45, 2.75) is 49.3 Å². The maximum atomic E-state index is 14.1. The Kier molecular flexibility index (Phi) is 6.01. The van der Waals surface area contributed by atoms with Gasteiger partial charge >= 0.3 is 6.18 Å². The Hall–Kier alpha value is -2.47. The molecule has 8 nitrogen and oxygen atoms in total. The van der Waals surface area contributed by atoms with Gasteiger partial charge < -0.3 is 10.1 Å². The van der Waals surface area contributed by atoms with Crippen molar-refractivity contribution in [1.29, 1.82) is 0 Å². The largest absolute Gasteiger partial charge is 0.420 e. The average Bonchev–Trinajstić information content (AvgIpc) is 3.48. The molecular formula is C20H23F3N4O4S. The second kappa shape index (κ2) is 8.47. The van der Waals surface area contributed by atoms with E-state index in [1.165, 1.54) is 16.9 Å². The second-order valence-corrected chi connectivity index (χ2v) is 10.2. The number of aromatic nitrogens is 3. The van der Waals surface area contributed by atoms with E-state index in [0.717, 1.165) is 12.3 Å². The van der Waals surface area contributed by atoms with Crippen molar-refractivity contribution in [2.75, 3.05) is 24.8 Å². The third kappa shape index (κ3) is 4.96. The lowest BCUT2D eigenvalue weighted by molar-refractivity contribution is -0.138. The number of sulfone groups is 1. The van der Waals surface area contributed by atoms with Crippen LogP contribution in [-0.4, -0.2) is 48.6 Å². The Labute approximate surface area is 183 Å². The molecule has 1 saturated carbocycles. The Balaban J connectivity index is 1.72. The lowest BCUT2D eigenvalue weighted by Gasteiger charge is -2.22. The standard InChI is InChI=1S/C20H23F3N4O4S/c1-32(29,30)15-10-14(4-7-24-15)25-19(28)18-16(20(21,22)23)17(13-2-3-13)26-27(18)11-12-5-8-31-9-6-12/h4,7,10,12-13H,2-3,5-6,8-9,11H2,1H3,(H,24,25,28). The van der Waals surface area contributed by atoms with Crippen molar-refractivity contribution in [2.24, 2.45) is 5.92 Å². The van der Waals surface area contributed by atoms with Gasteiger partial charge in [-0.25, -0.2) is 13.4 Å². The fourth-order valence-corrected chi connectivity index (χ4v) is 4.41. The van der Waals surface area contributed by atoms with Gasteiger partial charge in [-0.2, -0.15) is 18.3 Å². The van der Waals surface area contributed by atoms with Crippen molar-refractivity contribution >= 4 is 21.4 Å². The van der Waals surface area contributed by atoms with Gasteiger partial charge in [0.25, 0.3) is 5.91 Å². The number of nitrogens with zero attached hydrogens (tertiary/aromatic N) is 3. The van der Waals surface area contributed by atoms with Crippen LogP contribution in [0.3, 0.4) is 0 Å². The monoisotopic (exact) mass is 472 g/mol. The van der Waals surface area contributed by atoms with Gasteiger partial charge in [-0.1, -0.05) is 0 Å². The number of carbonyl (C=O) groups excluding carboxylic acids is 1. The zero-order valence-electron chi connectivity index (χ0n) is 17.4. The van der Waals surface area contributed by atoms with E-state index < -0.39 is 33.2 Å². The van der Waals surface area contributed by atoms with Crippen LogP contribution in [-0.2, 0) is 27.3 Å². The van der Waals surface area contributed by atoms with Gasteiger partial charge in [0.05, 0.1) is 5.69 Å². The summed E-state index contributed by atoms with van der Waals surface area (Å²) in [5.41, 5.74) is -1.63. The van der Waals surface area contributed by atoms with Gasteiger partial charge in [0.1, 0.15) is 11.3 Å². The number of anilines is 1. The summed E-state index contributed by atoms with van der Waals surface area (Å²) >= 11 is 0. The van der Waals surface area contributed by atoms with Crippen LogP contribution in [0.15, 0.2) is 23.4 Å². The number of amides is 1. The summed E-state index contributed by atoms with van der Waals surface area (Å²) in [5, 5.41) is 6.35. The van der Waals surface area contributed by atoms with E-state index in [9.17, 15) is 26.4 Å². The summed E-state index contributed by atoms with van der Waals surface area (Å²) in [7, 11) is -3.66. The minimum Gasteiger partial charge on any atom is -0.381 e. The molecule has 2 fully saturated rings. The highest BCUT2D eigenvalue weighted by molar-refractivity contribution is 7.90. The Morgan fingerprint density at radius 3 is 2.53 bits per heavy atom. The second-order valence-electron chi connectivity index (χ2n) is 8.23. The molecule has 1 amide bonds. The molecule has 1 saturated heterocycles. The lowest BCUT2D eigenvalue weighted by atomic mass is 10.0. The lowest BCUT2D eigenvalue weighted by Crippen LogP contribution is -2.26. The third-order valence-electron chi connectivity index (χ3n) is 5.59. The number of alkyl halides is 3. The van der Waals surface area contributed by atoms with E-state index >= 15 is 0 Å². The fourth-order valence-electron chi connectivity index (χ4n) is 3.82. The van der Waals surface area contributed by atoms with Crippen LogP contribution in [0.5, 0.6) is 0 Å². The van der Waals surface area contributed by atoms with Crippen molar-refractivity contribution in [3.05, 3.63) is 35.3 Å². The molecule has 1 aliphatic carbocycles. The zero-order chi connectivity index (χ0) is 23.1. The molecule has 1 N–H and O–H groups in total. The summed E-state index contributed by atoms with van der Waals surface area (Å²) in [6.07, 6.45) is -0.0962. The SMILES string of the molecule is CS(=O)(=O)c1cc(NC(=O)c2c(C(F)(F)F)c(C3CC3)nn2CC2CCOCC2)ccn1. The first-order valence-corrected chi connectivity index (χ1v) is 12.2. The summed E-state index contributed by atoms with van der Waals surface area (Å²) in [6, 6.07) is 2.43. The van der Waals surface area contributed by atoms with Crippen LogP contribution in [0.25, 0.3) is 0 Å². The van der Waals surface area contributed by atoms with E-state index in [1.807, 2.05) is 0 Å². The molecule has 2 aromatic heterocycles. The molecule has 0 unspecified atom stereocenters. The molecule has 12 heteroatoms. The van der Waals surface area contributed by atoms with Crippen LogP contribution < -0.4 is 5.32 Å². The zero-order valence-corrected chi connectivity index (χ0v) is 18.2. The average molecular weight is 472 g/mol. The molecule has 0 bridgehead atoms. The van der Waals surface area contributed by atoms with E-state index in [4.69, 9.17) is 4.74 Å².